The zero-order chi connectivity index (χ0) is 29.0. The SMILES string of the molecule is Cc1c(NC(=O)C(Sc2ccc(NS(=O)(=O)c3ccccc3)cc2)c2ccccc2)c(=O)n(-c2ccccc2)n1C. The maximum Gasteiger partial charge on any atom is 0.295 e. The van der Waals surface area contributed by atoms with E-state index in [4.69, 9.17) is 0 Å². The van der Waals surface area contributed by atoms with Gasteiger partial charge in [0.1, 0.15) is 10.9 Å². The first-order valence-corrected chi connectivity index (χ1v) is 15.2. The molecule has 1 amide bonds. The monoisotopic (exact) mass is 584 g/mol. The first-order chi connectivity index (χ1) is 19.7. The highest BCUT2D eigenvalue weighted by Gasteiger charge is 2.26. The van der Waals surface area contributed by atoms with Crippen LogP contribution >= 0.6 is 11.8 Å². The van der Waals surface area contributed by atoms with Gasteiger partial charge < -0.3 is 5.32 Å². The van der Waals surface area contributed by atoms with Crippen molar-refractivity contribution in [2.24, 2.45) is 7.05 Å². The number of rotatable bonds is 9. The van der Waals surface area contributed by atoms with Crippen LogP contribution in [0.4, 0.5) is 11.4 Å². The molecular formula is C31H28N4O4S2. The fourth-order valence-electron chi connectivity index (χ4n) is 4.35. The number of hydrogen-bond donors (Lipinski definition) is 2. The molecule has 1 heterocycles. The molecule has 0 aliphatic rings. The summed E-state index contributed by atoms with van der Waals surface area (Å²) >= 11 is 1.31. The molecular weight excluding hydrogens is 556 g/mol. The molecule has 1 aromatic heterocycles. The lowest BCUT2D eigenvalue weighted by molar-refractivity contribution is -0.115. The van der Waals surface area contributed by atoms with Gasteiger partial charge in [-0.15, -0.1) is 11.8 Å². The van der Waals surface area contributed by atoms with Crippen molar-refractivity contribution in [2.45, 2.75) is 22.0 Å². The number of amides is 1. The third-order valence-electron chi connectivity index (χ3n) is 6.56. The van der Waals surface area contributed by atoms with E-state index in [1.165, 1.54) is 28.6 Å². The second-order valence-electron chi connectivity index (χ2n) is 9.28. The summed E-state index contributed by atoms with van der Waals surface area (Å²) in [4.78, 5) is 28.0. The smallest absolute Gasteiger partial charge is 0.295 e. The van der Waals surface area contributed by atoms with Gasteiger partial charge in [-0.1, -0.05) is 66.7 Å². The van der Waals surface area contributed by atoms with Crippen molar-refractivity contribution < 1.29 is 13.2 Å². The summed E-state index contributed by atoms with van der Waals surface area (Å²) in [6.07, 6.45) is 0. The number of thioether (sulfide) groups is 1. The molecule has 10 heteroatoms. The summed E-state index contributed by atoms with van der Waals surface area (Å²) in [7, 11) is -1.95. The van der Waals surface area contributed by atoms with E-state index in [9.17, 15) is 18.0 Å². The highest BCUT2D eigenvalue weighted by molar-refractivity contribution is 8.00. The zero-order valence-electron chi connectivity index (χ0n) is 22.4. The molecule has 5 rings (SSSR count). The summed E-state index contributed by atoms with van der Waals surface area (Å²) in [5, 5.41) is 2.21. The summed E-state index contributed by atoms with van der Waals surface area (Å²) < 4.78 is 31.2. The average Bonchev–Trinajstić information content (AvgIpc) is 3.20. The molecule has 0 saturated heterocycles. The first kappa shape index (κ1) is 28.0. The van der Waals surface area contributed by atoms with Gasteiger partial charge in [-0.05, 0) is 61.0 Å². The van der Waals surface area contributed by atoms with Crippen LogP contribution in [0.1, 0.15) is 16.5 Å². The molecule has 0 fully saturated rings. The Morgan fingerprint density at radius 2 is 1.37 bits per heavy atom. The minimum atomic E-state index is -3.72. The minimum absolute atomic E-state index is 0.168. The number of carbonyl (C=O) groups is 1. The van der Waals surface area contributed by atoms with E-state index in [0.29, 0.717) is 17.1 Å². The Morgan fingerprint density at radius 3 is 1.98 bits per heavy atom. The quantitative estimate of drug-likeness (QED) is 0.215. The van der Waals surface area contributed by atoms with E-state index in [0.717, 1.165) is 10.5 Å². The van der Waals surface area contributed by atoms with Crippen molar-refractivity contribution in [1.82, 2.24) is 9.36 Å². The van der Waals surface area contributed by atoms with E-state index >= 15 is 0 Å². The molecule has 4 aromatic carbocycles. The molecule has 0 spiro atoms. The van der Waals surface area contributed by atoms with E-state index in [1.807, 2.05) is 60.7 Å². The largest absolute Gasteiger partial charge is 0.319 e. The van der Waals surface area contributed by atoms with Gasteiger partial charge in [-0.2, -0.15) is 0 Å². The van der Waals surface area contributed by atoms with Crippen LogP contribution in [-0.4, -0.2) is 23.7 Å². The highest BCUT2D eigenvalue weighted by Crippen LogP contribution is 2.37. The van der Waals surface area contributed by atoms with Crippen molar-refractivity contribution in [1.29, 1.82) is 0 Å². The van der Waals surface area contributed by atoms with Crippen LogP contribution in [0.2, 0.25) is 0 Å². The maximum atomic E-state index is 13.7. The summed E-state index contributed by atoms with van der Waals surface area (Å²) in [6.45, 7) is 1.79. The summed E-state index contributed by atoms with van der Waals surface area (Å²) in [6, 6.07) is 33.5. The second-order valence-corrected chi connectivity index (χ2v) is 12.1. The second kappa shape index (κ2) is 11.9. The molecule has 8 nitrogen and oxygen atoms in total. The standard InChI is InChI=1S/C31H28N4O4S2/c1-22-28(31(37)35(34(22)2)25-14-8-4-9-15-25)32-30(36)29(23-12-6-3-7-13-23)40-26-20-18-24(19-21-26)33-41(38,39)27-16-10-5-11-17-27/h3-21,29,33H,1-2H3,(H,32,36). The Morgan fingerprint density at radius 1 is 0.805 bits per heavy atom. The van der Waals surface area contributed by atoms with E-state index in [1.54, 1.807) is 61.1 Å². The number of benzene rings is 4. The maximum absolute atomic E-state index is 13.7. The van der Waals surface area contributed by atoms with Gasteiger partial charge in [0.25, 0.3) is 15.6 Å². The van der Waals surface area contributed by atoms with Crippen molar-refractivity contribution in [2.75, 3.05) is 10.0 Å². The molecule has 0 aliphatic carbocycles. The minimum Gasteiger partial charge on any atom is -0.319 e. The Labute approximate surface area is 242 Å². The van der Waals surface area contributed by atoms with E-state index in [-0.39, 0.29) is 22.0 Å². The van der Waals surface area contributed by atoms with Crippen molar-refractivity contribution >= 4 is 39.1 Å². The molecule has 2 N–H and O–H groups in total. The lowest BCUT2D eigenvalue weighted by atomic mass is 10.1. The number of anilines is 2. The van der Waals surface area contributed by atoms with Crippen LogP contribution in [-0.2, 0) is 21.9 Å². The van der Waals surface area contributed by atoms with Crippen LogP contribution in [0.15, 0.2) is 130 Å². The molecule has 0 aliphatic heterocycles. The van der Waals surface area contributed by atoms with Gasteiger partial charge in [0.05, 0.1) is 16.3 Å². The Balaban J connectivity index is 1.39. The fourth-order valence-corrected chi connectivity index (χ4v) is 6.46. The molecule has 41 heavy (non-hydrogen) atoms. The van der Waals surface area contributed by atoms with Gasteiger partial charge in [0.15, 0.2) is 0 Å². The summed E-state index contributed by atoms with van der Waals surface area (Å²) in [5.74, 6) is -0.346. The molecule has 5 aromatic rings. The molecule has 208 valence electrons. The number of hydrogen-bond acceptors (Lipinski definition) is 5. The van der Waals surface area contributed by atoms with Crippen LogP contribution < -0.4 is 15.6 Å². The Bertz CT molecular complexity index is 1820. The normalized spacial score (nSPS) is 12.0. The van der Waals surface area contributed by atoms with Gasteiger partial charge in [-0.3, -0.25) is 19.0 Å². The van der Waals surface area contributed by atoms with Crippen LogP contribution in [0.25, 0.3) is 5.69 Å². The fraction of sp³-hybridized carbons (Fsp3) is 0.0968. The molecule has 1 atom stereocenters. The lowest BCUT2D eigenvalue weighted by Gasteiger charge is -2.17. The predicted molar refractivity (Wildman–Crippen MR) is 163 cm³/mol. The topological polar surface area (TPSA) is 102 Å². The number of aromatic nitrogens is 2. The number of para-hydroxylation sites is 1. The van der Waals surface area contributed by atoms with E-state index < -0.39 is 15.3 Å². The summed E-state index contributed by atoms with van der Waals surface area (Å²) in [5.41, 5.74) is 2.38. The Kier molecular flexibility index (Phi) is 8.14. The lowest BCUT2D eigenvalue weighted by Crippen LogP contribution is -2.25. The van der Waals surface area contributed by atoms with Crippen LogP contribution in [0.5, 0.6) is 0 Å². The number of sulfonamides is 1. The van der Waals surface area contributed by atoms with E-state index in [2.05, 4.69) is 10.0 Å². The van der Waals surface area contributed by atoms with Crippen LogP contribution in [0.3, 0.4) is 0 Å². The Hall–Kier alpha value is -4.54. The van der Waals surface area contributed by atoms with Crippen LogP contribution in [0, 0.1) is 6.92 Å². The zero-order valence-corrected chi connectivity index (χ0v) is 24.0. The van der Waals surface area contributed by atoms with Crippen molar-refractivity contribution in [3.63, 3.8) is 0 Å². The van der Waals surface area contributed by atoms with Gasteiger partial charge >= 0.3 is 0 Å². The third-order valence-corrected chi connectivity index (χ3v) is 9.22. The average molecular weight is 585 g/mol. The van der Waals surface area contributed by atoms with Gasteiger partial charge in [-0.25, -0.2) is 13.1 Å². The highest BCUT2D eigenvalue weighted by atomic mass is 32.2. The molecule has 0 bridgehead atoms. The van der Waals surface area contributed by atoms with Crippen molar-refractivity contribution in [3.8, 4) is 5.69 Å². The molecule has 0 radical (unpaired) electrons. The number of nitrogens with one attached hydrogen (secondary N) is 2. The first-order valence-electron chi connectivity index (χ1n) is 12.8. The number of nitrogens with zero attached hydrogens (tertiary/aromatic N) is 2. The molecule has 1 unspecified atom stereocenters. The van der Waals surface area contributed by atoms with Crippen molar-refractivity contribution in [3.05, 3.63) is 137 Å². The third kappa shape index (κ3) is 6.13. The number of carbonyl (C=O) groups excluding carboxylic acids is 1. The van der Waals surface area contributed by atoms with Gasteiger partial charge in [0.2, 0.25) is 5.91 Å². The molecule has 0 saturated carbocycles. The predicted octanol–water partition coefficient (Wildman–Crippen LogP) is 5.76. The van der Waals surface area contributed by atoms with Gasteiger partial charge in [0, 0.05) is 17.6 Å².